The molecular formula is C11H12N2O2. The molecule has 0 radical (unpaired) electrons. The van der Waals surface area contributed by atoms with E-state index in [4.69, 9.17) is 11.5 Å². The first kappa shape index (κ1) is 9.71. The summed E-state index contributed by atoms with van der Waals surface area (Å²) in [7, 11) is 0. The molecule has 2 amide bonds. The first-order valence-electron chi connectivity index (χ1n) is 4.77. The zero-order valence-corrected chi connectivity index (χ0v) is 8.19. The number of primary amides is 2. The molecule has 0 aliphatic heterocycles. The predicted octanol–water partition coefficient (Wildman–Crippen LogP) is -0.159. The van der Waals surface area contributed by atoms with E-state index in [2.05, 4.69) is 0 Å². The Morgan fingerprint density at radius 3 is 2.33 bits per heavy atom. The van der Waals surface area contributed by atoms with Crippen molar-refractivity contribution in [3.8, 4) is 0 Å². The number of aryl methyl sites for hydroxylation is 1. The molecule has 0 atom stereocenters. The van der Waals surface area contributed by atoms with Crippen molar-refractivity contribution in [2.24, 2.45) is 11.5 Å². The van der Waals surface area contributed by atoms with Crippen LogP contribution in [0.3, 0.4) is 0 Å². The molecule has 0 spiro atoms. The molecule has 4 nitrogen and oxygen atoms in total. The molecule has 1 aromatic carbocycles. The van der Waals surface area contributed by atoms with E-state index in [1.165, 1.54) is 0 Å². The largest absolute Gasteiger partial charge is 0.368 e. The van der Waals surface area contributed by atoms with Gasteiger partial charge in [-0.2, -0.15) is 0 Å². The predicted molar refractivity (Wildman–Crippen MR) is 54.8 cm³/mol. The highest BCUT2D eigenvalue weighted by atomic mass is 16.2. The van der Waals surface area contributed by atoms with Crippen LogP contribution in [0, 0.1) is 0 Å². The molecule has 0 aromatic heterocycles. The smallest absolute Gasteiger partial charge is 0.237 e. The van der Waals surface area contributed by atoms with Crippen LogP contribution in [0.5, 0.6) is 0 Å². The van der Waals surface area contributed by atoms with Crippen molar-refractivity contribution < 1.29 is 9.59 Å². The van der Waals surface area contributed by atoms with Crippen molar-refractivity contribution in [1.29, 1.82) is 0 Å². The van der Waals surface area contributed by atoms with Crippen molar-refractivity contribution in [2.75, 3.05) is 0 Å². The number of benzene rings is 1. The summed E-state index contributed by atoms with van der Waals surface area (Å²) in [5.74, 6) is -1.31. The third-order valence-corrected chi connectivity index (χ3v) is 3.09. The molecule has 4 N–H and O–H groups in total. The third-order valence-electron chi connectivity index (χ3n) is 3.09. The monoisotopic (exact) mass is 204 g/mol. The molecule has 1 aliphatic carbocycles. The van der Waals surface area contributed by atoms with E-state index < -0.39 is 17.2 Å². The second-order valence-corrected chi connectivity index (χ2v) is 3.79. The van der Waals surface area contributed by atoms with Gasteiger partial charge in [-0.15, -0.1) is 0 Å². The Bertz CT molecular complexity index is 426. The summed E-state index contributed by atoms with van der Waals surface area (Å²) in [6.45, 7) is 0. The molecule has 15 heavy (non-hydrogen) atoms. The SMILES string of the molecule is NC(=O)C1(C(N)=O)CCc2ccccc21. The summed E-state index contributed by atoms with van der Waals surface area (Å²) in [5, 5.41) is 0. The summed E-state index contributed by atoms with van der Waals surface area (Å²) >= 11 is 0. The molecule has 0 unspecified atom stereocenters. The van der Waals surface area contributed by atoms with E-state index in [-0.39, 0.29) is 0 Å². The summed E-state index contributed by atoms with van der Waals surface area (Å²) in [5.41, 5.74) is 11.0. The molecule has 1 aromatic rings. The lowest BCUT2D eigenvalue weighted by atomic mass is 9.80. The quantitative estimate of drug-likeness (QED) is 0.656. The van der Waals surface area contributed by atoms with Crippen molar-refractivity contribution in [2.45, 2.75) is 18.3 Å². The Hall–Kier alpha value is -1.84. The fourth-order valence-electron chi connectivity index (χ4n) is 2.24. The maximum absolute atomic E-state index is 11.4. The topological polar surface area (TPSA) is 86.2 Å². The first-order chi connectivity index (χ1) is 7.09. The molecule has 78 valence electrons. The van der Waals surface area contributed by atoms with Crippen LogP contribution in [0.25, 0.3) is 0 Å². The molecule has 1 aliphatic rings. The fraction of sp³-hybridized carbons (Fsp3) is 0.273. The van der Waals surface area contributed by atoms with Gasteiger partial charge in [-0.05, 0) is 24.0 Å². The Morgan fingerprint density at radius 2 is 1.73 bits per heavy atom. The zero-order chi connectivity index (χ0) is 11.1. The lowest BCUT2D eigenvalue weighted by molar-refractivity contribution is -0.134. The average molecular weight is 204 g/mol. The lowest BCUT2D eigenvalue weighted by Gasteiger charge is -2.22. The number of amides is 2. The highest BCUT2D eigenvalue weighted by Gasteiger charge is 2.48. The van der Waals surface area contributed by atoms with Crippen LogP contribution in [0.2, 0.25) is 0 Å². The zero-order valence-electron chi connectivity index (χ0n) is 8.19. The highest BCUT2D eigenvalue weighted by molar-refractivity contribution is 6.10. The van der Waals surface area contributed by atoms with E-state index in [0.29, 0.717) is 18.4 Å². The Kier molecular flexibility index (Phi) is 2.00. The number of nitrogens with two attached hydrogens (primary N) is 2. The highest BCUT2D eigenvalue weighted by Crippen LogP contribution is 2.38. The minimum Gasteiger partial charge on any atom is -0.368 e. The van der Waals surface area contributed by atoms with Gasteiger partial charge < -0.3 is 11.5 Å². The average Bonchev–Trinajstić information content (AvgIpc) is 2.57. The van der Waals surface area contributed by atoms with Gasteiger partial charge in [0.1, 0.15) is 0 Å². The van der Waals surface area contributed by atoms with Crippen molar-refractivity contribution >= 4 is 11.8 Å². The van der Waals surface area contributed by atoms with Gasteiger partial charge in [-0.25, -0.2) is 0 Å². The van der Waals surface area contributed by atoms with Gasteiger partial charge in [0.15, 0.2) is 5.41 Å². The summed E-state index contributed by atoms with van der Waals surface area (Å²) in [4.78, 5) is 22.9. The first-order valence-corrected chi connectivity index (χ1v) is 4.77. The molecule has 0 saturated heterocycles. The standard InChI is InChI=1S/C11H12N2O2/c12-9(14)11(10(13)15)6-5-7-3-1-2-4-8(7)11/h1-4H,5-6H2,(H2,12,14)(H2,13,15). The fourth-order valence-corrected chi connectivity index (χ4v) is 2.24. The summed E-state index contributed by atoms with van der Waals surface area (Å²) < 4.78 is 0. The number of hydrogen-bond acceptors (Lipinski definition) is 2. The number of rotatable bonds is 2. The number of carbonyl (C=O) groups excluding carboxylic acids is 2. The van der Waals surface area contributed by atoms with Crippen LogP contribution >= 0.6 is 0 Å². The lowest BCUT2D eigenvalue weighted by Crippen LogP contribution is -2.49. The van der Waals surface area contributed by atoms with Gasteiger partial charge in [0.05, 0.1) is 0 Å². The maximum atomic E-state index is 11.4. The second kappa shape index (κ2) is 3.08. The molecule has 0 saturated carbocycles. The van der Waals surface area contributed by atoms with Gasteiger partial charge in [-0.3, -0.25) is 9.59 Å². The van der Waals surface area contributed by atoms with Crippen LogP contribution in [0.15, 0.2) is 24.3 Å². The summed E-state index contributed by atoms with van der Waals surface area (Å²) in [6, 6.07) is 7.29. The van der Waals surface area contributed by atoms with Crippen molar-refractivity contribution in [3.63, 3.8) is 0 Å². The van der Waals surface area contributed by atoms with Crippen LogP contribution < -0.4 is 11.5 Å². The molecule has 0 heterocycles. The minimum atomic E-state index is -1.30. The van der Waals surface area contributed by atoms with Crippen LogP contribution in [0.4, 0.5) is 0 Å². The van der Waals surface area contributed by atoms with Crippen molar-refractivity contribution in [1.82, 2.24) is 0 Å². The van der Waals surface area contributed by atoms with E-state index in [0.717, 1.165) is 5.56 Å². The van der Waals surface area contributed by atoms with Crippen molar-refractivity contribution in [3.05, 3.63) is 35.4 Å². The molecule has 0 fully saturated rings. The van der Waals surface area contributed by atoms with E-state index in [9.17, 15) is 9.59 Å². The van der Waals surface area contributed by atoms with E-state index in [1.54, 1.807) is 12.1 Å². The number of carbonyl (C=O) groups is 2. The van der Waals surface area contributed by atoms with Crippen LogP contribution in [-0.4, -0.2) is 11.8 Å². The van der Waals surface area contributed by atoms with E-state index >= 15 is 0 Å². The van der Waals surface area contributed by atoms with Crippen LogP contribution in [-0.2, 0) is 21.4 Å². The minimum absolute atomic E-state index is 0.386. The number of fused-ring (bicyclic) bond motifs is 1. The molecule has 2 rings (SSSR count). The second-order valence-electron chi connectivity index (χ2n) is 3.79. The Labute approximate surface area is 87.3 Å². The molecule has 0 bridgehead atoms. The van der Waals surface area contributed by atoms with Gasteiger partial charge in [0.2, 0.25) is 11.8 Å². The third kappa shape index (κ3) is 1.14. The Balaban J connectivity index is 2.64. The molecular weight excluding hydrogens is 192 g/mol. The normalized spacial score (nSPS) is 17.1. The van der Waals surface area contributed by atoms with Gasteiger partial charge in [0.25, 0.3) is 0 Å². The summed E-state index contributed by atoms with van der Waals surface area (Å²) in [6.07, 6.45) is 1.05. The maximum Gasteiger partial charge on any atom is 0.237 e. The van der Waals surface area contributed by atoms with Crippen LogP contribution in [0.1, 0.15) is 17.5 Å². The van der Waals surface area contributed by atoms with Gasteiger partial charge >= 0.3 is 0 Å². The number of hydrogen-bond donors (Lipinski definition) is 2. The Morgan fingerprint density at radius 1 is 1.13 bits per heavy atom. The van der Waals surface area contributed by atoms with E-state index in [1.807, 2.05) is 12.1 Å². The molecule has 4 heteroatoms. The van der Waals surface area contributed by atoms with Gasteiger partial charge in [-0.1, -0.05) is 24.3 Å². The van der Waals surface area contributed by atoms with Gasteiger partial charge in [0, 0.05) is 0 Å².